The third kappa shape index (κ3) is 5.01. The molecule has 1 N–H and O–H groups in total. The molecule has 3 aromatic rings. The molecule has 0 aliphatic rings. The second-order valence-electron chi connectivity index (χ2n) is 6.10. The van der Waals surface area contributed by atoms with Gasteiger partial charge in [-0.15, -0.1) is 0 Å². The Morgan fingerprint density at radius 1 is 0.852 bits per heavy atom. The van der Waals surface area contributed by atoms with Crippen LogP contribution < -0.4 is 5.32 Å². The van der Waals surface area contributed by atoms with E-state index in [1.165, 1.54) is 6.07 Å². The number of amides is 1. The van der Waals surface area contributed by atoms with Gasteiger partial charge in [0, 0.05) is 18.9 Å². The molecule has 0 aliphatic heterocycles. The van der Waals surface area contributed by atoms with Crippen LogP contribution in [0, 0.1) is 0 Å². The van der Waals surface area contributed by atoms with E-state index in [9.17, 15) is 13.2 Å². The predicted molar refractivity (Wildman–Crippen MR) is 104 cm³/mol. The molecule has 0 aliphatic carbocycles. The van der Waals surface area contributed by atoms with Crippen molar-refractivity contribution in [3.05, 3.63) is 95.8 Å². The number of rotatable bonds is 7. The summed E-state index contributed by atoms with van der Waals surface area (Å²) in [6.45, 7) is 0.413. The molecular formula is C21H20N2O3S. The monoisotopic (exact) mass is 380 g/mol. The van der Waals surface area contributed by atoms with Gasteiger partial charge in [-0.2, -0.15) is 0 Å². The van der Waals surface area contributed by atoms with Crippen molar-refractivity contribution in [2.75, 3.05) is 6.54 Å². The van der Waals surface area contributed by atoms with Gasteiger partial charge >= 0.3 is 0 Å². The first kappa shape index (κ1) is 18.8. The number of nitrogens with one attached hydrogen (secondary N) is 1. The van der Waals surface area contributed by atoms with Crippen LogP contribution in [0.3, 0.4) is 0 Å². The first-order valence-electron chi connectivity index (χ1n) is 8.59. The van der Waals surface area contributed by atoms with Crippen molar-refractivity contribution >= 4 is 15.7 Å². The summed E-state index contributed by atoms with van der Waals surface area (Å²) in [5.74, 6) is -0.536. The number of sulfone groups is 1. The smallest absolute Gasteiger partial charge is 0.252 e. The Balaban J connectivity index is 1.74. The highest BCUT2D eigenvalue weighted by atomic mass is 32.2. The number of pyridine rings is 1. The van der Waals surface area contributed by atoms with E-state index in [0.29, 0.717) is 18.5 Å². The van der Waals surface area contributed by atoms with E-state index in [2.05, 4.69) is 10.3 Å². The molecule has 0 bridgehead atoms. The molecule has 0 saturated heterocycles. The maximum absolute atomic E-state index is 12.8. The Morgan fingerprint density at radius 2 is 1.52 bits per heavy atom. The van der Waals surface area contributed by atoms with Crippen molar-refractivity contribution in [3.8, 4) is 0 Å². The summed E-state index contributed by atoms with van der Waals surface area (Å²) in [6.07, 6.45) is 4.04. The fourth-order valence-corrected chi connectivity index (χ4v) is 4.33. The van der Waals surface area contributed by atoms with Crippen molar-refractivity contribution in [1.29, 1.82) is 0 Å². The molecule has 3 rings (SSSR count). The molecule has 0 spiro atoms. The normalized spacial score (nSPS) is 11.1. The van der Waals surface area contributed by atoms with Crippen LogP contribution in [-0.2, 0) is 22.0 Å². The Morgan fingerprint density at radius 3 is 2.26 bits per heavy atom. The SMILES string of the molecule is O=C(NCCc1ccncc1)c1ccccc1S(=O)(=O)Cc1ccccc1. The molecule has 0 unspecified atom stereocenters. The van der Waals surface area contributed by atoms with Crippen LogP contribution in [0.15, 0.2) is 84.0 Å². The highest BCUT2D eigenvalue weighted by Gasteiger charge is 2.22. The van der Waals surface area contributed by atoms with Gasteiger partial charge in [-0.3, -0.25) is 9.78 Å². The lowest BCUT2D eigenvalue weighted by molar-refractivity contribution is 0.0951. The van der Waals surface area contributed by atoms with Gasteiger partial charge in [0.2, 0.25) is 0 Å². The molecule has 0 radical (unpaired) electrons. The summed E-state index contributed by atoms with van der Waals surface area (Å²) in [5, 5.41) is 2.80. The molecular weight excluding hydrogens is 360 g/mol. The zero-order chi connectivity index (χ0) is 19.1. The average Bonchev–Trinajstić information content (AvgIpc) is 2.69. The second kappa shape index (κ2) is 8.60. The number of nitrogens with zero attached hydrogens (tertiary/aromatic N) is 1. The highest BCUT2D eigenvalue weighted by Crippen LogP contribution is 2.20. The average molecular weight is 380 g/mol. The largest absolute Gasteiger partial charge is 0.352 e. The van der Waals surface area contributed by atoms with Gasteiger partial charge in [0.05, 0.1) is 16.2 Å². The van der Waals surface area contributed by atoms with Gasteiger partial charge in [0.1, 0.15) is 0 Å². The lowest BCUT2D eigenvalue weighted by atomic mass is 10.2. The van der Waals surface area contributed by atoms with Crippen molar-refractivity contribution in [2.45, 2.75) is 17.1 Å². The van der Waals surface area contributed by atoms with E-state index in [1.54, 1.807) is 54.9 Å². The molecule has 1 heterocycles. The third-order valence-corrected chi connectivity index (χ3v) is 5.85. The summed E-state index contributed by atoms with van der Waals surface area (Å²) in [4.78, 5) is 16.6. The fourth-order valence-electron chi connectivity index (χ4n) is 2.76. The van der Waals surface area contributed by atoms with Gasteiger partial charge in [-0.1, -0.05) is 42.5 Å². The molecule has 138 valence electrons. The Hall–Kier alpha value is -2.99. The number of carbonyl (C=O) groups is 1. The number of hydrogen-bond acceptors (Lipinski definition) is 4. The van der Waals surface area contributed by atoms with E-state index in [-0.39, 0.29) is 16.2 Å². The Kier molecular flexibility index (Phi) is 5.98. The third-order valence-electron chi connectivity index (χ3n) is 4.11. The summed E-state index contributed by atoms with van der Waals surface area (Å²) in [5.41, 5.74) is 1.91. The fraction of sp³-hybridized carbons (Fsp3) is 0.143. The van der Waals surface area contributed by atoms with Crippen LogP contribution in [0.4, 0.5) is 0 Å². The van der Waals surface area contributed by atoms with Crippen molar-refractivity contribution in [1.82, 2.24) is 10.3 Å². The van der Waals surface area contributed by atoms with E-state index >= 15 is 0 Å². The van der Waals surface area contributed by atoms with Crippen LogP contribution in [0.5, 0.6) is 0 Å². The summed E-state index contributed by atoms with van der Waals surface area (Å²) in [6, 6.07) is 19.0. The summed E-state index contributed by atoms with van der Waals surface area (Å²) in [7, 11) is -3.64. The van der Waals surface area contributed by atoms with Gasteiger partial charge in [-0.05, 0) is 41.8 Å². The number of benzene rings is 2. The van der Waals surface area contributed by atoms with Crippen molar-refractivity contribution < 1.29 is 13.2 Å². The summed E-state index contributed by atoms with van der Waals surface area (Å²) >= 11 is 0. The minimum Gasteiger partial charge on any atom is -0.352 e. The minimum atomic E-state index is -3.64. The van der Waals surface area contributed by atoms with E-state index < -0.39 is 15.7 Å². The molecule has 0 fully saturated rings. The quantitative estimate of drug-likeness (QED) is 0.684. The lowest BCUT2D eigenvalue weighted by Gasteiger charge is -2.11. The van der Waals surface area contributed by atoms with E-state index in [1.807, 2.05) is 18.2 Å². The first-order valence-corrected chi connectivity index (χ1v) is 10.2. The molecule has 0 atom stereocenters. The van der Waals surface area contributed by atoms with E-state index in [0.717, 1.165) is 5.56 Å². The number of hydrogen-bond donors (Lipinski definition) is 1. The summed E-state index contributed by atoms with van der Waals surface area (Å²) < 4.78 is 25.7. The standard InChI is InChI=1S/C21H20N2O3S/c24-21(23-15-12-17-10-13-22-14-11-17)19-8-4-5-9-20(19)27(25,26)16-18-6-2-1-3-7-18/h1-11,13-14H,12,15-16H2,(H,23,24). The topological polar surface area (TPSA) is 76.1 Å². The Labute approximate surface area is 159 Å². The molecule has 27 heavy (non-hydrogen) atoms. The van der Waals surface area contributed by atoms with Crippen LogP contribution in [0.25, 0.3) is 0 Å². The van der Waals surface area contributed by atoms with Crippen LogP contribution in [0.2, 0.25) is 0 Å². The van der Waals surface area contributed by atoms with Gasteiger partial charge in [0.15, 0.2) is 9.84 Å². The van der Waals surface area contributed by atoms with Crippen LogP contribution in [0.1, 0.15) is 21.5 Å². The van der Waals surface area contributed by atoms with E-state index in [4.69, 9.17) is 0 Å². The van der Waals surface area contributed by atoms with Crippen LogP contribution >= 0.6 is 0 Å². The molecule has 1 amide bonds. The van der Waals surface area contributed by atoms with Gasteiger partial charge in [0.25, 0.3) is 5.91 Å². The Bertz CT molecular complexity index is 1000. The van der Waals surface area contributed by atoms with Crippen molar-refractivity contribution in [3.63, 3.8) is 0 Å². The second-order valence-corrected chi connectivity index (χ2v) is 8.06. The van der Waals surface area contributed by atoms with Crippen molar-refractivity contribution in [2.24, 2.45) is 0 Å². The maximum atomic E-state index is 12.8. The molecule has 1 aromatic heterocycles. The molecule has 0 saturated carbocycles. The lowest BCUT2D eigenvalue weighted by Crippen LogP contribution is -2.27. The van der Waals surface area contributed by atoms with Gasteiger partial charge < -0.3 is 5.32 Å². The zero-order valence-corrected chi connectivity index (χ0v) is 15.5. The molecule has 5 nitrogen and oxygen atoms in total. The zero-order valence-electron chi connectivity index (χ0n) is 14.7. The minimum absolute atomic E-state index is 0.0512. The van der Waals surface area contributed by atoms with Gasteiger partial charge in [-0.25, -0.2) is 8.42 Å². The molecule has 6 heteroatoms. The number of aromatic nitrogens is 1. The van der Waals surface area contributed by atoms with Crippen LogP contribution in [-0.4, -0.2) is 25.9 Å². The first-order chi connectivity index (χ1) is 13.1. The molecule has 2 aromatic carbocycles. The highest BCUT2D eigenvalue weighted by molar-refractivity contribution is 7.90. The maximum Gasteiger partial charge on any atom is 0.252 e. The predicted octanol–water partition coefficient (Wildman–Crippen LogP) is 3.03. The number of carbonyl (C=O) groups excluding carboxylic acids is 1.